The zero-order valence-corrected chi connectivity index (χ0v) is 7.21. The van der Waals surface area contributed by atoms with E-state index in [-0.39, 0.29) is 5.03 Å². The molecule has 0 unspecified atom stereocenters. The summed E-state index contributed by atoms with van der Waals surface area (Å²) in [6.07, 6.45) is 3.12. The summed E-state index contributed by atoms with van der Waals surface area (Å²) in [4.78, 5) is 3.97. The highest BCUT2D eigenvalue weighted by Crippen LogP contribution is 2.18. The number of imidazole rings is 1. The van der Waals surface area contributed by atoms with Gasteiger partial charge in [-0.3, -0.25) is 0 Å². The fraction of sp³-hybridized carbons (Fsp3) is 0.500. The average Bonchev–Trinajstić information content (AvgIpc) is 2.37. The second-order valence-electron chi connectivity index (χ2n) is 2.81. The van der Waals surface area contributed by atoms with Gasteiger partial charge in [0, 0.05) is 13.0 Å². The van der Waals surface area contributed by atoms with Crippen molar-refractivity contribution in [3.63, 3.8) is 0 Å². The van der Waals surface area contributed by atoms with Gasteiger partial charge in [0.1, 0.15) is 5.82 Å². The lowest BCUT2D eigenvalue weighted by molar-refractivity contribution is 0.580. The standard InChI is InChI=1S/C6H9N3O2S/c7-12(10,11)6-4-8-5-2-1-3-9(5)6/h4H,1-3H2,(H2,7,10,11). The van der Waals surface area contributed by atoms with Crippen LogP contribution in [0.15, 0.2) is 11.2 Å². The van der Waals surface area contributed by atoms with Crippen molar-refractivity contribution in [2.45, 2.75) is 24.4 Å². The van der Waals surface area contributed by atoms with Crippen molar-refractivity contribution < 1.29 is 8.42 Å². The fourth-order valence-corrected chi connectivity index (χ4v) is 2.16. The topological polar surface area (TPSA) is 78.0 Å². The van der Waals surface area contributed by atoms with Crippen LogP contribution in [0.5, 0.6) is 0 Å². The van der Waals surface area contributed by atoms with Crippen LogP contribution < -0.4 is 5.14 Å². The second-order valence-corrected chi connectivity index (χ2v) is 4.32. The van der Waals surface area contributed by atoms with Gasteiger partial charge in [-0.15, -0.1) is 0 Å². The summed E-state index contributed by atoms with van der Waals surface area (Å²) in [6, 6.07) is 0. The molecule has 66 valence electrons. The van der Waals surface area contributed by atoms with E-state index in [4.69, 9.17) is 5.14 Å². The Morgan fingerprint density at radius 2 is 2.33 bits per heavy atom. The molecule has 5 nitrogen and oxygen atoms in total. The first-order valence-corrected chi connectivity index (χ1v) is 5.21. The summed E-state index contributed by atoms with van der Waals surface area (Å²) in [5.74, 6) is 0.819. The lowest BCUT2D eigenvalue weighted by atomic mass is 10.4. The highest BCUT2D eigenvalue weighted by molar-refractivity contribution is 7.89. The van der Waals surface area contributed by atoms with Crippen molar-refractivity contribution in [3.8, 4) is 0 Å². The van der Waals surface area contributed by atoms with Crippen LogP contribution in [0.4, 0.5) is 0 Å². The van der Waals surface area contributed by atoms with E-state index < -0.39 is 10.0 Å². The molecule has 0 bridgehead atoms. The number of hydrogen-bond acceptors (Lipinski definition) is 3. The Balaban J connectivity index is 2.61. The molecule has 0 aromatic carbocycles. The lowest BCUT2D eigenvalue weighted by Crippen LogP contribution is -2.16. The maximum absolute atomic E-state index is 11.0. The average molecular weight is 187 g/mol. The van der Waals surface area contributed by atoms with E-state index in [1.807, 2.05) is 0 Å². The molecule has 0 radical (unpaired) electrons. The Hall–Kier alpha value is -0.880. The van der Waals surface area contributed by atoms with Crippen molar-refractivity contribution in [3.05, 3.63) is 12.0 Å². The Morgan fingerprint density at radius 1 is 1.58 bits per heavy atom. The molecule has 2 heterocycles. The minimum atomic E-state index is -3.58. The number of nitrogens with zero attached hydrogens (tertiary/aromatic N) is 2. The Bertz CT molecular complexity index is 406. The van der Waals surface area contributed by atoms with E-state index in [0.29, 0.717) is 6.54 Å². The molecular formula is C6H9N3O2S. The predicted molar refractivity (Wildman–Crippen MR) is 41.9 cm³/mol. The van der Waals surface area contributed by atoms with Crippen molar-refractivity contribution >= 4 is 10.0 Å². The molecule has 1 aliphatic heterocycles. The molecule has 1 aliphatic rings. The lowest BCUT2D eigenvalue weighted by Gasteiger charge is -2.00. The van der Waals surface area contributed by atoms with E-state index in [1.165, 1.54) is 6.20 Å². The molecule has 0 atom stereocenters. The third kappa shape index (κ3) is 1.03. The molecule has 1 aromatic rings. The number of sulfonamides is 1. The Kier molecular flexibility index (Phi) is 1.49. The quantitative estimate of drug-likeness (QED) is 0.642. The summed E-state index contributed by atoms with van der Waals surface area (Å²) in [5, 5.41) is 5.12. The zero-order chi connectivity index (χ0) is 8.77. The molecule has 0 saturated carbocycles. The highest BCUT2D eigenvalue weighted by atomic mass is 32.2. The van der Waals surface area contributed by atoms with Crippen molar-refractivity contribution in [2.75, 3.05) is 0 Å². The summed E-state index contributed by atoms with van der Waals surface area (Å²) in [7, 11) is -3.58. The normalized spacial score (nSPS) is 16.4. The van der Waals surface area contributed by atoms with Crippen LogP contribution in [0.25, 0.3) is 0 Å². The fourth-order valence-electron chi connectivity index (χ4n) is 1.46. The number of aryl methyl sites for hydroxylation is 1. The highest BCUT2D eigenvalue weighted by Gasteiger charge is 2.21. The molecule has 0 fully saturated rings. The predicted octanol–water partition coefficient (Wildman–Crippen LogP) is -0.523. The van der Waals surface area contributed by atoms with Gasteiger partial charge in [-0.2, -0.15) is 0 Å². The number of aromatic nitrogens is 2. The minimum absolute atomic E-state index is 0.134. The molecule has 0 aliphatic carbocycles. The third-order valence-electron chi connectivity index (χ3n) is 1.98. The first-order valence-electron chi connectivity index (χ1n) is 3.66. The minimum Gasteiger partial charge on any atom is -0.318 e. The van der Waals surface area contributed by atoms with Gasteiger partial charge in [0.15, 0.2) is 5.03 Å². The first-order chi connectivity index (χ1) is 5.59. The van der Waals surface area contributed by atoms with Gasteiger partial charge in [0.25, 0.3) is 10.0 Å². The number of hydrogen-bond donors (Lipinski definition) is 1. The van der Waals surface area contributed by atoms with Crippen molar-refractivity contribution in [1.29, 1.82) is 0 Å². The van der Waals surface area contributed by atoms with Gasteiger partial charge in [0.05, 0.1) is 6.20 Å². The van der Waals surface area contributed by atoms with Crippen LogP contribution in [0.3, 0.4) is 0 Å². The molecule has 2 rings (SSSR count). The van der Waals surface area contributed by atoms with Crippen molar-refractivity contribution in [2.24, 2.45) is 5.14 Å². The number of nitrogens with two attached hydrogens (primary N) is 1. The Labute approximate surface area is 70.3 Å². The van der Waals surface area contributed by atoms with Crippen LogP contribution >= 0.6 is 0 Å². The van der Waals surface area contributed by atoms with E-state index in [2.05, 4.69) is 4.98 Å². The van der Waals surface area contributed by atoms with E-state index in [9.17, 15) is 8.42 Å². The van der Waals surface area contributed by atoms with Crippen molar-refractivity contribution in [1.82, 2.24) is 9.55 Å². The van der Waals surface area contributed by atoms with Crippen LogP contribution in [0, 0.1) is 0 Å². The van der Waals surface area contributed by atoms with E-state index >= 15 is 0 Å². The first kappa shape index (κ1) is 7.75. The molecule has 12 heavy (non-hydrogen) atoms. The van der Waals surface area contributed by atoms with Gasteiger partial charge < -0.3 is 4.57 Å². The molecule has 0 spiro atoms. The molecule has 0 saturated heterocycles. The molecule has 0 amide bonds. The SMILES string of the molecule is NS(=O)(=O)c1cnc2n1CCC2. The summed E-state index contributed by atoms with van der Waals surface area (Å²) in [6.45, 7) is 0.709. The maximum Gasteiger partial charge on any atom is 0.255 e. The number of rotatable bonds is 1. The maximum atomic E-state index is 11.0. The van der Waals surface area contributed by atoms with Crippen LogP contribution in [0.2, 0.25) is 0 Å². The summed E-state index contributed by atoms with van der Waals surface area (Å²) < 4.78 is 23.6. The van der Waals surface area contributed by atoms with Crippen LogP contribution in [-0.4, -0.2) is 18.0 Å². The second kappa shape index (κ2) is 2.30. The van der Waals surface area contributed by atoms with E-state index in [1.54, 1.807) is 4.57 Å². The molecule has 2 N–H and O–H groups in total. The number of fused-ring (bicyclic) bond motifs is 1. The summed E-state index contributed by atoms with van der Waals surface area (Å²) >= 11 is 0. The molecule has 1 aromatic heterocycles. The molecular weight excluding hydrogens is 178 g/mol. The smallest absolute Gasteiger partial charge is 0.255 e. The zero-order valence-electron chi connectivity index (χ0n) is 6.40. The Morgan fingerprint density at radius 3 is 3.00 bits per heavy atom. The van der Waals surface area contributed by atoms with Gasteiger partial charge in [0.2, 0.25) is 0 Å². The summed E-state index contributed by atoms with van der Waals surface area (Å²) in [5.41, 5.74) is 0. The third-order valence-corrected chi connectivity index (χ3v) is 2.88. The van der Waals surface area contributed by atoms with Gasteiger partial charge >= 0.3 is 0 Å². The van der Waals surface area contributed by atoms with Crippen LogP contribution in [0.1, 0.15) is 12.2 Å². The monoisotopic (exact) mass is 187 g/mol. The van der Waals surface area contributed by atoms with Crippen LogP contribution in [-0.2, 0) is 23.0 Å². The van der Waals surface area contributed by atoms with Gasteiger partial charge in [-0.1, -0.05) is 0 Å². The molecule has 6 heteroatoms. The largest absolute Gasteiger partial charge is 0.318 e. The van der Waals surface area contributed by atoms with Gasteiger partial charge in [-0.25, -0.2) is 18.5 Å². The van der Waals surface area contributed by atoms with E-state index in [0.717, 1.165) is 18.7 Å². The van der Waals surface area contributed by atoms with Gasteiger partial charge in [-0.05, 0) is 6.42 Å². The number of primary sulfonamides is 1.